The number of non-ortho nitro benzene ring substituents is 1. The third-order valence-electron chi connectivity index (χ3n) is 3.30. The van der Waals surface area contributed by atoms with Crippen molar-refractivity contribution in [1.82, 2.24) is 10.0 Å². The van der Waals surface area contributed by atoms with Gasteiger partial charge in [0.2, 0.25) is 10.0 Å². The first-order valence-corrected chi connectivity index (χ1v) is 8.03. The second kappa shape index (κ2) is 6.48. The Morgan fingerprint density at radius 1 is 1.38 bits per heavy atom. The van der Waals surface area contributed by atoms with Crippen LogP contribution in [0.2, 0.25) is 0 Å². The van der Waals surface area contributed by atoms with Crippen molar-refractivity contribution < 1.29 is 18.1 Å². The summed E-state index contributed by atoms with van der Waals surface area (Å²) in [6.45, 7) is 1.11. The molecule has 0 aliphatic carbocycles. The summed E-state index contributed by atoms with van der Waals surface area (Å²) in [5.74, 6) is -0.224. The van der Waals surface area contributed by atoms with E-state index in [4.69, 9.17) is 4.74 Å². The number of nitro benzene ring substituents is 1. The van der Waals surface area contributed by atoms with Crippen molar-refractivity contribution in [2.75, 3.05) is 20.2 Å². The number of hydrogen-bond acceptors (Lipinski definition) is 6. The predicted octanol–water partition coefficient (Wildman–Crippen LogP) is 0.00100. The number of benzene rings is 1. The third kappa shape index (κ3) is 4.21. The van der Waals surface area contributed by atoms with Gasteiger partial charge in [-0.15, -0.1) is 0 Å². The molecule has 0 spiro atoms. The van der Waals surface area contributed by atoms with Crippen molar-refractivity contribution in [3.63, 3.8) is 0 Å². The van der Waals surface area contributed by atoms with E-state index in [-0.39, 0.29) is 23.6 Å². The van der Waals surface area contributed by atoms with Crippen LogP contribution < -0.4 is 10.0 Å². The maximum Gasteiger partial charge on any atom is 0.269 e. The predicted molar refractivity (Wildman–Crippen MR) is 76.3 cm³/mol. The molecule has 2 N–H and O–H groups in total. The Balaban J connectivity index is 2.02. The summed E-state index contributed by atoms with van der Waals surface area (Å²) in [6.07, 6.45) is -0.198. The molecular formula is C12H17N3O5S. The second-order valence-corrected chi connectivity index (χ2v) is 6.59. The van der Waals surface area contributed by atoms with E-state index in [0.29, 0.717) is 18.7 Å². The highest BCUT2D eigenvalue weighted by Gasteiger charge is 2.30. The highest BCUT2D eigenvalue weighted by atomic mass is 32.2. The Bertz CT molecular complexity index is 602. The number of methoxy groups -OCH3 is 1. The lowest BCUT2D eigenvalue weighted by Crippen LogP contribution is -2.43. The molecule has 1 heterocycles. The fraction of sp³-hybridized carbons (Fsp3) is 0.500. The van der Waals surface area contributed by atoms with Crippen LogP contribution in [0.15, 0.2) is 24.3 Å². The van der Waals surface area contributed by atoms with Crippen LogP contribution in [0.25, 0.3) is 0 Å². The Morgan fingerprint density at radius 2 is 2.05 bits per heavy atom. The average molecular weight is 315 g/mol. The van der Waals surface area contributed by atoms with Gasteiger partial charge in [-0.05, 0) is 5.56 Å². The molecule has 0 amide bonds. The van der Waals surface area contributed by atoms with Gasteiger partial charge in [0.05, 0.1) is 22.8 Å². The van der Waals surface area contributed by atoms with Gasteiger partial charge in [-0.3, -0.25) is 10.1 Å². The van der Waals surface area contributed by atoms with Crippen LogP contribution in [0.3, 0.4) is 0 Å². The van der Waals surface area contributed by atoms with Gasteiger partial charge in [0, 0.05) is 32.3 Å². The Hall–Kier alpha value is -1.55. The number of nitro groups is 1. The molecule has 0 saturated carbocycles. The first-order valence-electron chi connectivity index (χ1n) is 6.38. The molecule has 2 atom stereocenters. The van der Waals surface area contributed by atoms with Gasteiger partial charge in [0.15, 0.2) is 0 Å². The van der Waals surface area contributed by atoms with Crippen molar-refractivity contribution in [3.05, 3.63) is 39.9 Å². The molecule has 1 aliphatic rings. The Labute approximate surface area is 122 Å². The highest BCUT2D eigenvalue weighted by molar-refractivity contribution is 7.88. The average Bonchev–Trinajstić information content (AvgIpc) is 2.85. The van der Waals surface area contributed by atoms with Crippen LogP contribution in [-0.2, 0) is 20.5 Å². The zero-order valence-corrected chi connectivity index (χ0v) is 12.3. The van der Waals surface area contributed by atoms with Gasteiger partial charge in [-0.1, -0.05) is 12.1 Å². The van der Waals surface area contributed by atoms with Gasteiger partial charge < -0.3 is 10.1 Å². The molecule has 0 radical (unpaired) electrons. The Kier molecular flexibility index (Phi) is 4.88. The number of nitrogens with one attached hydrogen (secondary N) is 2. The molecule has 116 valence electrons. The van der Waals surface area contributed by atoms with Gasteiger partial charge in [0.1, 0.15) is 0 Å². The molecule has 1 unspecified atom stereocenters. The molecular weight excluding hydrogens is 298 g/mol. The van der Waals surface area contributed by atoms with E-state index in [9.17, 15) is 18.5 Å². The van der Waals surface area contributed by atoms with Gasteiger partial charge >= 0.3 is 0 Å². The van der Waals surface area contributed by atoms with Crippen LogP contribution in [0, 0.1) is 10.1 Å². The fourth-order valence-electron chi connectivity index (χ4n) is 2.23. The van der Waals surface area contributed by atoms with Gasteiger partial charge in [-0.2, -0.15) is 0 Å². The minimum atomic E-state index is -3.53. The summed E-state index contributed by atoms with van der Waals surface area (Å²) in [5, 5.41) is 13.6. The van der Waals surface area contributed by atoms with Gasteiger partial charge in [0.25, 0.3) is 5.69 Å². The summed E-state index contributed by atoms with van der Waals surface area (Å²) in [6, 6.07) is 5.16. The summed E-state index contributed by atoms with van der Waals surface area (Å²) in [5.41, 5.74) is 0.427. The van der Waals surface area contributed by atoms with E-state index in [0.717, 1.165) is 0 Å². The molecule has 1 aliphatic heterocycles. The lowest BCUT2D eigenvalue weighted by molar-refractivity contribution is -0.384. The second-order valence-electron chi connectivity index (χ2n) is 4.84. The molecule has 1 aromatic rings. The molecule has 0 aromatic heterocycles. The first kappa shape index (κ1) is 15.8. The van der Waals surface area contributed by atoms with Gasteiger partial charge in [-0.25, -0.2) is 13.1 Å². The monoisotopic (exact) mass is 315 g/mol. The zero-order chi connectivity index (χ0) is 15.5. The number of ether oxygens (including phenoxy) is 1. The topological polar surface area (TPSA) is 111 Å². The summed E-state index contributed by atoms with van der Waals surface area (Å²) < 4.78 is 32.0. The standard InChI is InChI=1S/C12H17N3O5S/c1-20-12-7-13-6-11(12)14-21(18,19)8-9-2-4-10(5-3-9)15(16)17/h2-5,11-14H,6-8H2,1H3/t11?,12-/m0/s1. The smallest absolute Gasteiger partial charge is 0.269 e. The molecule has 9 heteroatoms. The van der Waals surface area contributed by atoms with Crippen molar-refractivity contribution >= 4 is 15.7 Å². The van der Waals surface area contributed by atoms with Crippen molar-refractivity contribution in [3.8, 4) is 0 Å². The summed E-state index contributed by atoms with van der Waals surface area (Å²) in [4.78, 5) is 10.0. The largest absolute Gasteiger partial charge is 0.378 e. The third-order valence-corrected chi connectivity index (χ3v) is 4.67. The van der Waals surface area contributed by atoms with E-state index in [2.05, 4.69) is 10.0 Å². The molecule has 1 fully saturated rings. The lowest BCUT2D eigenvalue weighted by atomic mass is 10.2. The molecule has 0 bridgehead atoms. The van der Waals surface area contributed by atoms with Crippen molar-refractivity contribution in [1.29, 1.82) is 0 Å². The molecule has 8 nitrogen and oxygen atoms in total. The van der Waals surface area contributed by atoms with Crippen molar-refractivity contribution in [2.24, 2.45) is 0 Å². The van der Waals surface area contributed by atoms with Crippen LogP contribution in [0.4, 0.5) is 5.69 Å². The molecule has 1 aromatic carbocycles. The van der Waals surface area contributed by atoms with Crippen LogP contribution in [0.1, 0.15) is 5.56 Å². The zero-order valence-electron chi connectivity index (χ0n) is 11.5. The molecule has 2 rings (SSSR count). The summed E-state index contributed by atoms with van der Waals surface area (Å²) in [7, 11) is -2.00. The van der Waals surface area contributed by atoms with E-state index >= 15 is 0 Å². The number of sulfonamides is 1. The van der Waals surface area contributed by atoms with E-state index in [1.165, 1.54) is 31.4 Å². The van der Waals surface area contributed by atoms with Crippen LogP contribution >= 0.6 is 0 Å². The van der Waals surface area contributed by atoms with E-state index in [1.54, 1.807) is 0 Å². The number of nitrogens with zero attached hydrogens (tertiary/aromatic N) is 1. The SMILES string of the molecule is CO[C@H]1CNCC1NS(=O)(=O)Cc1ccc([N+](=O)[O-])cc1. The molecule has 21 heavy (non-hydrogen) atoms. The van der Waals surface area contributed by atoms with Crippen molar-refractivity contribution in [2.45, 2.75) is 17.9 Å². The van der Waals surface area contributed by atoms with Crippen LogP contribution in [-0.4, -0.2) is 45.7 Å². The van der Waals surface area contributed by atoms with Crippen LogP contribution in [0.5, 0.6) is 0 Å². The summed E-state index contributed by atoms with van der Waals surface area (Å²) >= 11 is 0. The maximum atomic E-state index is 12.1. The highest BCUT2D eigenvalue weighted by Crippen LogP contribution is 2.14. The normalized spacial score (nSPS) is 22.3. The lowest BCUT2D eigenvalue weighted by Gasteiger charge is -2.18. The Morgan fingerprint density at radius 3 is 2.62 bits per heavy atom. The minimum absolute atomic E-state index is 0.0662. The van der Waals surface area contributed by atoms with E-state index in [1.807, 2.05) is 0 Å². The number of rotatable bonds is 6. The molecule has 1 saturated heterocycles. The first-order chi connectivity index (χ1) is 9.91. The minimum Gasteiger partial charge on any atom is -0.378 e. The number of hydrogen-bond donors (Lipinski definition) is 2. The quantitative estimate of drug-likeness (QED) is 0.565. The fourth-order valence-corrected chi connectivity index (χ4v) is 3.64. The van der Waals surface area contributed by atoms with E-state index < -0.39 is 14.9 Å². The maximum absolute atomic E-state index is 12.1.